The van der Waals surface area contributed by atoms with Gasteiger partial charge >= 0.3 is 0 Å². The van der Waals surface area contributed by atoms with Gasteiger partial charge in [-0.3, -0.25) is 0 Å². The first kappa shape index (κ1) is 49.5. The van der Waals surface area contributed by atoms with Crippen LogP contribution in [0.4, 0.5) is 0 Å². The zero-order valence-corrected chi connectivity index (χ0v) is 39.1. The van der Waals surface area contributed by atoms with E-state index in [4.69, 9.17) is 0 Å². The van der Waals surface area contributed by atoms with Gasteiger partial charge in [-0.1, -0.05) is 193 Å². The molecule has 0 saturated carbocycles. The van der Waals surface area contributed by atoms with E-state index in [1.54, 1.807) is 0 Å². The van der Waals surface area contributed by atoms with E-state index in [0.717, 1.165) is 17.8 Å². The van der Waals surface area contributed by atoms with E-state index in [9.17, 15) is 0 Å². The average molecular weight is 796 g/mol. The van der Waals surface area contributed by atoms with Gasteiger partial charge in [0, 0.05) is 19.6 Å². The third-order valence-electron chi connectivity index (χ3n) is 15.6. The molecule has 57 heavy (non-hydrogen) atoms. The molecular formula is C54H105N3. The minimum atomic E-state index is 1.000. The van der Waals surface area contributed by atoms with Crippen molar-refractivity contribution in [3.05, 3.63) is 0 Å². The summed E-state index contributed by atoms with van der Waals surface area (Å²) in [6.45, 7) is 12.5. The molecule has 4 aliphatic heterocycles. The largest absolute Gasteiger partial charge is 0.303 e. The Labute approximate surface area is 359 Å². The van der Waals surface area contributed by atoms with Gasteiger partial charge in [-0.15, -0.1) is 0 Å². The standard InChI is InChI=1S/C54H105N3/c1-4-10-16-22-28-37-52-40-34-47-56(49-52)44-32-26-20-14-8-3-6-12-18-24-30-39-54-42-36-48-57(51-54)45-33-27-21-15-9-2-5-11-17-23-29-38-53-41-35-46-55(50-53)43-31-25-19-13-7-1/h52-54H,1-51H2. The topological polar surface area (TPSA) is 9.72 Å². The van der Waals surface area contributed by atoms with Gasteiger partial charge < -0.3 is 14.7 Å². The summed E-state index contributed by atoms with van der Waals surface area (Å²) in [6, 6.07) is 0. The molecule has 6 bridgehead atoms. The molecule has 0 aromatic rings. The predicted molar refractivity (Wildman–Crippen MR) is 254 cm³/mol. The molecular weight excluding hydrogens is 691 g/mol. The summed E-state index contributed by atoms with van der Waals surface area (Å²) in [5, 5.41) is 0. The Hall–Kier alpha value is -0.120. The molecule has 0 radical (unpaired) electrons. The van der Waals surface area contributed by atoms with Crippen LogP contribution in [0.2, 0.25) is 0 Å². The maximum absolute atomic E-state index is 2.84. The van der Waals surface area contributed by atoms with Crippen LogP contribution in [0.25, 0.3) is 0 Å². The van der Waals surface area contributed by atoms with Crippen molar-refractivity contribution in [1.29, 1.82) is 0 Å². The maximum Gasteiger partial charge on any atom is 0.000966 e. The van der Waals surface area contributed by atoms with E-state index in [1.807, 2.05) is 0 Å². The van der Waals surface area contributed by atoms with E-state index in [0.29, 0.717) is 0 Å². The summed E-state index contributed by atoms with van der Waals surface area (Å²) < 4.78 is 0. The number of nitrogens with zero attached hydrogens (tertiary/aromatic N) is 3. The highest BCUT2D eigenvalue weighted by atomic mass is 15.1. The molecule has 6 atom stereocenters. The molecule has 336 valence electrons. The maximum atomic E-state index is 2.84. The lowest BCUT2D eigenvalue weighted by Gasteiger charge is -2.32. The molecule has 0 amide bonds. The third-order valence-corrected chi connectivity index (χ3v) is 15.6. The lowest BCUT2D eigenvalue weighted by Crippen LogP contribution is -2.36. The molecule has 0 N–H and O–H groups in total. The molecule has 4 rings (SSSR count). The number of hydrogen-bond acceptors (Lipinski definition) is 3. The summed E-state index contributed by atoms with van der Waals surface area (Å²) in [4.78, 5) is 8.53. The molecule has 4 saturated heterocycles. The lowest BCUT2D eigenvalue weighted by molar-refractivity contribution is 0.163. The number of fused-ring (bicyclic) bond motifs is 6. The first-order chi connectivity index (χ1) is 28.3. The van der Waals surface area contributed by atoms with E-state index in [1.165, 1.54) is 329 Å². The second kappa shape index (κ2) is 35.5. The number of hydrogen-bond donors (Lipinski definition) is 0. The molecule has 6 unspecified atom stereocenters. The summed E-state index contributed by atoms with van der Waals surface area (Å²) >= 11 is 0. The zero-order valence-electron chi connectivity index (χ0n) is 39.1. The molecule has 4 heterocycles. The van der Waals surface area contributed by atoms with Gasteiger partial charge in [0.2, 0.25) is 0 Å². The molecule has 0 spiro atoms. The third kappa shape index (κ3) is 26.7. The fourth-order valence-corrected chi connectivity index (χ4v) is 11.8. The van der Waals surface area contributed by atoms with Crippen molar-refractivity contribution in [2.24, 2.45) is 17.8 Å². The van der Waals surface area contributed by atoms with Crippen molar-refractivity contribution in [2.45, 2.75) is 270 Å². The van der Waals surface area contributed by atoms with E-state index < -0.39 is 0 Å². The van der Waals surface area contributed by atoms with Crippen LogP contribution in [-0.2, 0) is 0 Å². The Balaban J connectivity index is 1.03. The quantitative estimate of drug-likeness (QED) is 0.242. The van der Waals surface area contributed by atoms with E-state index in [-0.39, 0.29) is 0 Å². The second-order valence-corrected chi connectivity index (χ2v) is 21.0. The molecule has 4 aliphatic rings. The van der Waals surface area contributed by atoms with E-state index in [2.05, 4.69) is 14.7 Å². The normalized spacial score (nSPS) is 32.8. The average Bonchev–Trinajstić information content (AvgIpc) is 3.23. The molecule has 0 aliphatic carbocycles. The van der Waals surface area contributed by atoms with Crippen molar-refractivity contribution in [3.63, 3.8) is 0 Å². The Morgan fingerprint density at radius 3 is 0.544 bits per heavy atom. The van der Waals surface area contributed by atoms with Gasteiger partial charge in [0.25, 0.3) is 0 Å². The zero-order chi connectivity index (χ0) is 39.5. The number of piperidine rings is 3. The Bertz CT molecular complexity index is 691. The van der Waals surface area contributed by atoms with Crippen molar-refractivity contribution in [1.82, 2.24) is 14.7 Å². The van der Waals surface area contributed by atoms with Crippen LogP contribution in [0.3, 0.4) is 0 Å². The van der Waals surface area contributed by atoms with Crippen molar-refractivity contribution < 1.29 is 0 Å². The van der Waals surface area contributed by atoms with Crippen LogP contribution in [-0.4, -0.2) is 73.6 Å². The van der Waals surface area contributed by atoms with Crippen LogP contribution < -0.4 is 0 Å². The van der Waals surface area contributed by atoms with Crippen molar-refractivity contribution in [3.8, 4) is 0 Å². The smallest absolute Gasteiger partial charge is 0.000966 e. The second-order valence-electron chi connectivity index (χ2n) is 21.0. The summed E-state index contributed by atoms with van der Waals surface area (Å²) in [5.74, 6) is 3.00. The lowest BCUT2D eigenvalue weighted by atomic mass is 9.92. The molecule has 0 aromatic heterocycles. The van der Waals surface area contributed by atoms with Gasteiger partial charge in [0.1, 0.15) is 0 Å². The van der Waals surface area contributed by atoms with E-state index >= 15 is 0 Å². The van der Waals surface area contributed by atoms with Gasteiger partial charge in [0.05, 0.1) is 0 Å². The number of rotatable bonds is 0. The molecule has 3 nitrogen and oxygen atoms in total. The highest BCUT2D eigenvalue weighted by molar-refractivity contribution is 4.76. The fraction of sp³-hybridized carbons (Fsp3) is 1.00. The Morgan fingerprint density at radius 2 is 0.316 bits per heavy atom. The fourth-order valence-electron chi connectivity index (χ4n) is 11.8. The monoisotopic (exact) mass is 796 g/mol. The van der Waals surface area contributed by atoms with Gasteiger partial charge in [-0.2, -0.15) is 0 Å². The summed E-state index contributed by atoms with van der Waals surface area (Å²) in [5.41, 5.74) is 0. The summed E-state index contributed by atoms with van der Waals surface area (Å²) in [6.07, 6.45) is 62.4. The summed E-state index contributed by atoms with van der Waals surface area (Å²) in [7, 11) is 0. The minimum absolute atomic E-state index is 1.000. The predicted octanol–water partition coefficient (Wildman–Crippen LogP) is 16.2. The van der Waals surface area contributed by atoms with Crippen molar-refractivity contribution >= 4 is 0 Å². The Morgan fingerprint density at radius 1 is 0.158 bits per heavy atom. The minimum Gasteiger partial charge on any atom is -0.303 e. The molecule has 0 aromatic carbocycles. The van der Waals surface area contributed by atoms with Crippen LogP contribution in [0.15, 0.2) is 0 Å². The van der Waals surface area contributed by atoms with Crippen molar-refractivity contribution in [2.75, 3.05) is 58.9 Å². The first-order valence-corrected chi connectivity index (χ1v) is 27.5. The highest BCUT2D eigenvalue weighted by Crippen LogP contribution is 2.26. The van der Waals surface area contributed by atoms with Crippen LogP contribution in [0.1, 0.15) is 270 Å². The van der Waals surface area contributed by atoms with Crippen LogP contribution >= 0.6 is 0 Å². The van der Waals surface area contributed by atoms with Gasteiger partial charge in [-0.05, 0) is 134 Å². The first-order valence-electron chi connectivity index (χ1n) is 27.5. The van der Waals surface area contributed by atoms with Gasteiger partial charge in [-0.25, -0.2) is 0 Å². The van der Waals surface area contributed by atoms with Crippen LogP contribution in [0.5, 0.6) is 0 Å². The van der Waals surface area contributed by atoms with Crippen LogP contribution in [0, 0.1) is 17.8 Å². The Kier molecular flexibility index (Phi) is 30.8. The van der Waals surface area contributed by atoms with Gasteiger partial charge in [0.15, 0.2) is 0 Å². The molecule has 3 heteroatoms. The highest BCUT2D eigenvalue weighted by Gasteiger charge is 2.21. The molecule has 4 fully saturated rings. The SMILES string of the molecule is C1CCCCCCC2CCCN(CCCCCCCCCCCCCC3CCCN(CCCCCCCCCCCCCC4CCCN(CCCCCC1)C4)C3)C2.